The van der Waals surface area contributed by atoms with Gasteiger partial charge in [-0.25, -0.2) is 4.98 Å². The summed E-state index contributed by atoms with van der Waals surface area (Å²) in [6.07, 6.45) is 0. The Hall–Kier alpha value is -2.10. The maximum absolute atomic E-state index is 11.3. The molecule has 1 aromatic carbocycles. The molecule has 4 nitrogen and oxygen atoms in total. The maximum Gasteiger partial charge on any atom is 0.251 e. The van der Waals surface area contributed by atoms with Crippen LogP contribution < -0.4 is 10.3 Å². The van der Waals surface area contributed by atoms with E-state index in [1.54, 1.807) is 6.92 Å². The van der Waals surface area contributed by atoms with Crippen LogP contribution in [0.3, 0.4) is 0 Å². The first-order valence-electron chi connectivity index (χ1n) is 5.50. The van der Waals surface area contributed by atoms with Crippen molar-refractivity contribution in [3.05, 3.63) is 46.5 Å². The second-order valence-electron chi connectivity index (χ2n) is 3.67. The van der Waals surface area contributed by atoms with Crippen LogP contribution in [0.15, 0.2) is 35.1 Å². The SMILES string of the molecule is CCOc1ccc(-c2cc(=O)[nH]c(C)n2)cc1. The van der Waals surface area contributed by atoms with Crippen molar-refractivity contribution in [3.8, 4) is 17.0 Å². The van der Waals surface area contributed by atoms with Crippen LogP contribution in [0.25, 0.3) is 11.3 Å². The molecule has 0 amide bonds. The Kier molecular flexibility index (Phi) is 3.23. The molecule has 88 valence electrons. The lowest BCUT2D eigenvalue weighted by molar-refractivity contribution is 0.340. The average Bonchev–Trinajstić information content (AvgIpc) is 2.29. The third-order valence-corrected chi connectivity index (χ3v) is 2.32. The average molecular weight is 230 g/mol. The first kappa shape index (κ1) is 11.4. The van der Waals surface area contributed by atoms with E-state index in [-0.39, 0.29) is 5.56 Å². The van der Waals surface area contributed by atoms with E-state index >= 15 is 0 Å². The lowest BCUT2D eigenvalue weighted by atomic mass is 10.1. The molecule has 4 heteroatoms. The summed E-state index contributed by atoms with van der Waals surface area (Å²) in [6, 6.07) is 9.02. The highest BCUT2D eigenvalue weighted by Gasteiger charge is 2.02. The van der Waals surface area contributed by atoms with Crippen LogP contribution in [0.4, 0.5) is 0 Å². The van der Waals surface area contributed by atoms with E-state index in [9.17, 15) is 4.79 Å². The van der Waals surface area contributed by atoms with Crippen molar-refractivity contribution in [2.45, 2.75) is 13.8 Å². The van der Waals surface area contributed by atoms with E-state index in [4.69, 9.17) is 4.74 Å². The minimum absolute atomic E-state index is 0.138. The minimum atomic E-state index is -0.138. The Morgan fingerprint density at radius 1 is 1.29 bits per heavy atom. The Morgan fingerprint density at radius 2 is 2.00 bits per heavy atom. The van der Waals surface area contributed by atoms with E-state index in [0.717, 1.165) is 11.3 Å². The second kappa shape index (κ2) is 4.82. The summed E-state index contributed by atoms with van der Waals surface area (Å²) in [5, 5.41) is 0. The molecule has 1 heterocycles. The molecule has 0 bridgehead atoms. The third-order valence-electron chi connectivity index (χ3n) is 2.32. The first-order chi connectivity index (χ1) is 8.19. The largest absolute Gasteiger partial charge is 0.494 e. The predicted molar refractivity (Wildman–Crippen MR) is 66.2 cm³/mol. The van der Waals surface area contributed by atoms with Crippen molar-refractivity contribution in [2.75, 3.05) is 6.61 Å². The topological polar surface area (TPSA) is 55.0 Å². The molecule has 0 aliphatic rings. The molecule has 0 aliphatic carbocycles. The molecule has 0 fully saturated rings. The molecule has 0 atom stereocenters. The summed E-state index contributed by atoms with van der Waals surface area (Å²) in [5.41, 5.74) is 1.44. The number of hydrogen-bond donors (Lipinski definition) is 1. The lowest BCUT2D eigenvalue weighted by Crippen LogP contribution is -2.08. The summed E-state index contributed by atoms with van der Waals surface area (Å²) in [6.45, 7) is 4.34. The first-order valence-corrected chi connectivity index (χ1v) is 5.50. The highest BCUT2D eigenvalue weighted by atomic mass is 16.5. The van der Waals surface area contributed by atoms with Crippen LogP contribution in [-0.4, -0.2) is 16.6 Å². The molecule has 0 unspecified atom stereocenters. The number of rotatable bonds is 3. The van der Waals surface area contributed by atoms with Crippen molar-refractivity contribution in [3.63, 3.8) is 0 Å². The highest BCUT2D eigenvalue weighted by Crippen LogP contribution is 2.19. The van der Waals surface area contributed by atoms with Gasteiger partial charge in [0.15, 0.2) is 0 Å². The molecule has 17 heavy (non-hydrogen) atoms. The molecular weight excluding hydrogens is 216 g/mol. The fourth-order valence-electron chi connectivity index (χ4n) is 1.62. The smallest absolute Gasteiger partial charge is 0.251 e. The van der Waals surface area contributed by atoms with Gasteiger partial charge in [-0.2, -0.15) is 0 Å². The molecule has 2 aromatic rings. The fourth-order valence-corrected chi connectivity index (χ4v) is 1.62. The van der Waals surface area contributed by atoms with Crippen LogP contribution in [0.1, 0.15) is 12.7 Å². The van der Waals surface area contributed by atoms with Gasteiger partial charge in [0.25, 0.3) is 5.56 Å². The van der Waals surface area contributed by atoms with E-state index in [1.807, 2.05) is 31.2 Å². The van der Waals surface area contributed by atoms with Crippen LogP contribution in [0.2, 0.25) is 0 Å². The lowest BCUT2D eigenvalue weighted by Gasteiger charge is -2.04. The molecule has 0 aliphatic heterocycles. The number of nitrogens with one attached hydrogen (secondary N) is 1. The normalized spacial score (nSPS) is 10.2. The standard InChI is InChI=1S/C13H14N2O2/c1-3-17-11-6-4-10(5-7-11)12-8-13(16)15-9(2)14-12/h4-8H,3H2,1-2H3,(H,14,15,16). The molecule has 0 radical (unpaired) electrons. The zero-order chi connectivity index (χ0) is 12.3. The number of aromatic amines is 1. The quantitative estimate of drug-likeness (QED) is 0.878. The zero-order valence-electron chi connectivity index (χ0n) is 9.86. The third kappa shape index (κ3) is 2.72. The van der Waals surface area contributed by atoms with Crippen LogP contribution >= 0.6 is 0 Å². The second-order valence-corrected chi connectivity index (χ2v) is 3.67. The number of nitrogens with zero attached hydrogens (tertiary/aromatic N) is 1. The van der Waals surface area contributed by atoms with Gasteiger partial charge >= 0.3 is 0 Å². The van der Waals surface area contributed by atoms with E-state index in [2.05, 4.69) is 9.97 Å². The summed E-state index contributed by atoms with van der Waals surface area (Å²) >= 11 is 0. The van der Waals surface area contributed by atoms with Gasteiger partial charge in [-0.3, -0.25) is 4.79 Å². The number of benzene rings is 1. The maximum atomic E-state index is 11.3. The Bertz CT molecular complexity index is 558. The summed E-state index contributed by atoms with van der Waals surface area (Å²) in [4.78, 5) is 18.2. The zero-order valence-corrected chi connectivity index (χ0v) is 9.86. The van der Waals surface area contributed by atoms with Crippen LogP contribution in [-0.2, 0) is 0 Å². The molecule has 2 rings (SSSR count). The van der Waals surface area contributed by atoms with Gasteiger partial charge < -0.3 is 9.72 Å². The van der Waals surface area contributed by atoms with Gasteiger partial charge in [0, 0.05) is 11.6 Å². The van der Waals surface area contributed by atoms with Crippen LogP contribution in [0, 0.1) is 6.92 Å². The van der Waals surface area contributed by atoms with Crippen LogP contribution in [0.5, 0.6) is 5.75 Å². The Labute approximate surface area is 99.3 Å². The number of H-pyrrole nitrogens is 1. The fraction of sp³-hybridized carbons (Fsp3) is 0.231. The minimum Gasteiger partial charge on any atom is -0.494 e. The number of ether oxygens (including phenoxy) is 1. The molecule has 0 saturated carbocycles. The Morgan fingerprint density at radius 3 is 2.59 bits per heavy atom. The van der Waals surface area contributed by atoms with Gasteiger partial charge in [0.05, 0.1) is 12.3 Å². The van der Waals surface area contributed by atoms with Crippen molar-refractivity contribution < 1.29 is 4.74 Å². The number of aromatic nitrogens is 2. The van der Waals surface area contributed by atoms with Crippen molar-refractivity contribution in [1.82, 2.24) is 9.97 Å². The molecule has 0 spiro atoms. The van der Waals surface area contributed by atoms with Gasteiger partial charge in [-0.05, 0) is 38.1 Å². The Balaban J connectivity index is 2.36. The van der Waals surface area contributed by atoms with E-state index in [0.29, 0.717) is 18.1 Å². The number of aryl methyl sites for hydroxylation is 1. The van der Waals surface area contributed by atoms with Gasteiger partial charge in [0.2, 0.25) is 0 Å². The van der Waals surface area contributed by atoms with Crippen molar-refractivity contribution in [2.24, 2.45) is 0 Å². The van der Waals surface area contributed by atoms with Gasteiger partial charge in [0.1, 0.15) is 11.6 Å². The van der Waals surface area contributed by atoms with Gasteiger partial charge in [-0.1, -0.05) is 0 Å². The predicted octanol–water partition coefficient (Wildman–Crippen LogP) is 2.14. The summed E-state index contributed by atoms with van der Waals surface area (Å²) in [5.74, 6) is 1.43. The molecule has 0 saturated heterocycles. The summed E-state index contributed by atoms with van der Waals surface area (Å²) in [7, 11) is 0. The molecular formula is C13H14N2O2. The molecule has 1 aromatic heterocycles. The highest BCUT2D eigenvalue weighted by molar-refractivity contribution is 5.59. The number of hydrogen-bond acceptors (Lipinski definition) is 3. The summed E-state index contributed by atoms with van der Waals surface area (Å²) < 4.78 is 5.36. The molecule has 1 N–H and O–H groups in total. The van der Waals surface area contributed by atoms with E-state index in [1.165, 1.54) is 6.07 Å². The van der Waals surface area contributed by atoms with Crippen molar-refractivity contribution in [1.29, 1.82) is 0 Å². The monoisotopic (exact) mass is 230 g/mol. The van der Waals surface area contributed by atoms with Crippen molar-refractivity contribution >= 4 is 0 Å². The van der Waals surface area contributed by atoms with Gasteiger partial charge in [-0.15, -0.1) is 0 Å². The van der Waals surface area contributed by atoms with E-state index < -0.39 is 0 Å².